The van der Waals surface area contributed by atoms with E-state index in [9.17, 15) is 22.4 Å². The minimum absolute atomic E-state index is 0.0390. The third-order valence-corrected chi connectivity index (χ3v) is 5.09. The van der Waals surface area contributed by atoms with Gasteiger partial charge in [-0.25, -0.2) is 22.4 Å². The molecule has 168 valence electrons. The number of nitrogens with zero attached hydrogens (tertiary/aromatic N) is 2. The number of hydrogen-bond donors (Lipinski definition) is 2. The van der Waals surface area contributed by atoms with Crippen LogP contribution in [0.1, 0.15) is 11.1 Å². The van der Waals surface area contributed by atoms with Crippen LogP contribution in [0.15, 0.2) is 30.3 Å². The molecule has 2 aromatic carbocycles. The van der Waals surface area contributed by atoms with E-state index in [2.05, 4.69) is 0 Å². The molecule has 1 fully saturated rings. The van der Waals surface area contributed by atoms with E-state index in [1.807, 2.05) is 18.2 Å². The van der Waals surface area contributed by atoms with Gasteiger partial charge in [-0.1, -0.05) is 30.3 Å². The predicted molar refractivity (Wildman–Crippen MR) is 105 cm³/mol. The summed E-state index contributed by atoms with van der Waals surface area (Å²) in [6.07, 6.45) is -1.14. The molecule has 1 heterocycles. The minimum atomic E-state index is -1.54. The molecule has 2 aromatic rings. The number of anilines is 1. The number of aliphatic hydroxyl groups is 1. The number of nitrogens with two attached hydrogens (primary N) is 1. The number of benzene rings is 2. The Morgan fingerprint density at radius 1 is 1.00 bits per heavy atom. The van der Waals surface area contributed by atoms with Gasteiger partial charge in [0, 0.05) is 37.8 Å². The van der Waals surface area contributed by atoms with Crippen molar-refractivity contribution in [3.05, 3.63) is 64.7 Å². The van der Waals surface area contributed by atoms with Crippen molar-refractivity contribution >= 4 is 11.8 Å². The molecule has 0 radical (unpaired) electrons. The molecule has 0 bridgehead atoms. The first-order valence-corrected chi connectivity index (χ1v) is 9.75. The predicted octanol–water partition coefficient (Wildman–Crippen LogP) is 2.56. The molecule has 1 unspecified atom stereocenters. The Hall–Kier alpha value is -2.85. The Morgan fingerprint density at radius 2 is 1.58 bits per heavy atom. The van der Waals surface area contributed by atoms with Crippen molar-refractivity contribution in [1.82, 2.24) is 4.90 Å². The highest BCUT2D eigenvalue weighted by atomic mass is 19.2. The van der Waals surface area contributed by atoms with E-state index in [0.29, 0.717) is 0 Å². The number of piperazine rings is 1. The third kappa shape index (κ3) is 5.08. The summed E-state index contributed by atoms with van der Waals surface area (Å²) in [4.78, 5) is 14.7. The zero-order chi connectivity index (χ0) is 22.5. The standard InChI is InChI=1S/C21H23F4N3O3/c22-16-15(10-14(26)11-29)17(23)19(25)20(18(16)24)27-6-8-28(9-7-27)21(30)31-12-13-4-2-1-3-5-13/h1-5,14,29H,6-12,26H2. The second-order valence-electron chi connectivity index (χ2n) is 7.24. The first-order valence-electron chi connectivity index (χ1n) is 9.75. The molecular formula is C21H23F4N3O3. The van der Waals surface area contributed by atoms with Crippen LogP contribution >= 0.6 is 0 Å². The van der Waals surface area contributed by atoms with Gasteiger partial charge in [0.2, 0.25) is 0 Å². The molecule has 1 aliphatic heterocycles. The zero-order valence-electron chi connectivity index (χ0n) is 16.7. The highest BCUT2D eigenvalue weighted by Crippen LogP contribution is 2.32. The first kappa shape index (κ1) is 22.8. The maximum atomic E-state index is 14.6. The van der Waals surface area contributed by atoms with E-state index in [1.165, 1.54) is 4.90 Å². The fourth-order valence-corrected chi connectivity index (χ4v) is 3.37. The van der Waals surface area contributed by atoms with Crippen LogP contribution in [0.25, 0.3) is 0 Å². The van der Waals surface area contributed by atoms with E-state index in [0.717, 1.165) is 10.5 Å². The van der Waals surface area contributed by atoms with Crippen molar-refractivity contribution in [3.8, 4) is 0 Å². The second-order valence-corrected chi connectivity index (χ2v) is 7.24. The van der Waals surface area contributed by atoms with Gasteiger partial charge in [0.25, 0.3) is 0 Å². The number of ether oxygens (including phenoxy) is 1. The molecule has 1 aliphatic rings. The Morgan fingerprint density at radius 3 is 2.13 bits per heavy atom. The summed E-state index contributed by atoms with van der Waals surface area (Å²) >= 11 is 0. The smallest absolute Gasteiger partial charge is 0.410 e. The fraction of sp³-hybridized carbons (Fsp3) is 0.381. The van der Waals surface area contributed by atoms with E-state index in [1.54, 1.807) is 12.1 Å². The summed E-state index contributed by atoms with van der Waals surface area (Å²) in [5, 5.41) is 8.94. The molecule has 0 aromatic heterocycles. The Balaban J connectivity index is 1.67. The molecule has 31 heavy (non-hydrogen) atoms. The highest BCUT2D eigenvalue weighted by Gasteiger charge is 2.32. The Kier molecular flexibility index (Phi) is 7.34. The number of rotatable bonds is 6. The quantitative estimate of drug-likeness (QED) is 0.532. The molecule has 1 atom stereocenters. The van der Waals surface area contributed by atoms with Gasteiger partial charge < -0.3 is 25.4 Å². The lowest BCUT2D eigenvalue weighted by molar-refractivity contribution is 0.0941. The lowest BCUT2D eigenvalue weighted by Crippen LogP contribution is -2.49. The minimum Gasteiger partial charge on any atom is -0.445 e. The number of amides is 1. The monoisotopic (exact) mass is 441 g/mol. The summed E-state index contributed by atoms with van der Waals surface area (Å²) in [7, 11) is 0. The molecule has 3 rings (SSSR count). The third-order valence-electron chi connectivity index (χ3n) is 5.09. The normalized spacial score (nSPS) is 15.2. The number of halogens is 4. The molecule has 10 heteroatoms. The summed E-state index contributed by atoms with van der Waals surface area (Å²) in [5.74, 6) is -6.14. The van der Waals surface area contributed by atoms with Crippen molar-refractivity contribution in [3.63, 3.8) is 0 Å². The van der Waals surface area contributed by atoms with E-state index in [-0.39, 0.29) is 32.8 Å². The van der Waals surface area contributed by atoms with Crippen LogP contribution in [0.3, 0.4) is 0 Å². The maximum Gasteiger partial charge on any atom is 0.410 e. The average molecular weight is 441 g/mol. The van der Waals surface area contributed by atoms with Crippen LogP contribution in [0.5, 0.6) is 0 Å². The van der Waals surface area contributed by atoms with Gasteiger partial charge >= 0.3 is 6.09 Å². The number of hydrogen-bond acceptors (Lipinski definition) is 5. The van der Waals surface area contributed by atoms with Crippen LogP contribution in [0.2, 0.25) is 0 Å². The van der Waals surface area contributed by atoms with Gasteiger partial charge in [0.1, 0.15) is 12.3 Å². The molecule has 3 N–H and O–H groups in total. The maximum absolute atomic E-state index is 14.6. The van der Waals surface area contributed by atoms with Crippen LogP contribution in [0.4, 0.5) is 28.0 Å². The van der Waals surface area contributed by atoms with Gasteiger partial charge in [-0.05, 0) is 12.0 Å². The van der Waals surface area contributed by atoms with Gasteiger partial charge in [0.15, 0.2) is 23.3 Å². The largest absolute Gasteiger partial charge is 0.445 e. The van der Waals surface area contributed by atoms with Crippen molar-refractivity contribution in [2.24, 2.45) is 5.73 Å². The highest BCUT2D eigenvalue weighted by molar-refractivity contribution is 5.68. The topological polar surface area (TPSA) is 79.0 Å². The SMILES string of the molecule is NC(CO)Cc1c(F)c(F)c(N2CCN(C(=O)OCc3ccccc3)CC2)c(F)c1F. The van der Waals surface area contributed by atoms with Crippen LogP contribution in [-0.4, -0.2) is 54.9 Å². The average Bonchev–Trinajstić information content (AvgIpc) is 2.80. The lowest BCUT2D eigenvalue weighted by Gasteiger charge is -2.36. The second kappa shape index (κ2) is 9.97. The molecule has 6 nitrogen and oxygen atoms in total. The van der Waals surface area contributed by atoms with Crippen molar-refractivity contribution in [1.29, 1.82) is 0 Å². The van der Waals surface area contributed by atoms with Crippen LogP contribution in [-0.2, 0) is 17.8 Å². The van der Waals surface area contributed by atoms with E-state index in [4.69, 9.17) is 15.6 Å². The van der Waals surface area contributed by atoms with E-state index < -0.39 is 59.7 Å². The molecular weight excluding hydrogens is 418 g/mol. The van der Waals surface area contributed by atoms with Crippen LogP contribution < -0.4 is 10.6 Å². The van der Waals surface area contributed by atoms with Gasteiger partial charge in [-0.3, -0.25) is 0 Å². The number of aliphatic hydroxyl groups excluding tert-OH is 1. The molecule has 1 amide bonds. The van der Waals surface area contributed by atoms with Crippen LogP contribution in [0, 0.1) is 23.3 Å². The van der Waals surface area contributed by atoms with Gasteiger partial charge in [-0.15, -0.1) is 0 Å². The molecule has 0 saturated carbocycles. The molecule has 1 saturated heterocycles. The molecule has 0 aliphatic carbocycles. The number of carbonyl (C=O) groups excluding carboxylic acids is 1. The first-order chi connectivity index (χ1) is 14.8. The Labute approximate surface area is 176 Å². The Bertz CT molecular complexity index is 893. The summed E-state index contributed by atoms with van der Waals surface area (Å²) < 4.78 is 63.2. The van der Waals surface area contributed by atoms with Gasteiger partial charge in [-0.2, -0.15) is 0 Å². The van der Waals surface area contributed by atoms with E-state index >= 15 is 0 Å². The number of carbonyl (C=O) groups is 1. The van der Waals surface area contributed by atoms with Crippen molar-refractivity contribution in [2.75, 3.05) is 37.7 Å². The summed E-state index contributed by atoms with van der Waals surface area (Å²) in [6, 6.07) is 8.01. The summed E-state index contributed by atoms with van der Waals surface area (Å²) in [6.45, 7) is -0.464. The zero-order valence-corrected chi connectivity index (χ0v) is 16.7. The lowest BCUT2D eigenvalue weighted by atomic mass is 10.0. The van der Waals surface area contributed by atoms with Crippen molar-refractivity contribution in [2.45, 2.75) is 19.1 Å². The van der Waals surface area contributed by atoms with Gasteiger partial charge in [0.05, 0.1) is 6.61 Å². The van der Waals surface area contributed by atoms with Crippen molar-refractivity contribution < 1.29 is 32.2 Å². The fourth-order valence-electron chi connectivity index (χ4n) is 3.37. The molecule has 0 spiro atoms. The summed E-state index contributed by atoms with van der Waals surface area (Å²) in [5.41, 5.74) is 4.58.